The van der Waals surface area contributed by atoms with Gasteiger partial charge < -0.3 is 15.5 Å². The highest BCUT2D eigenvalue weighted by Gasteiger charge is 2.41. The third-order valence-corrected chi connectivity index (χ3v) is 2.90. The van der Waals surface area contributed by atoms with Crippen LogP contribution in [-0.2, 0) is 0 Å². The van der Waals surface area contributed by atoms with Gasteiger partial charge >= 0.3 is 6.03 Å². The number of carbonyl (C=O) groups excluding carboxylic acids is 1. The zero-order chi connectivity index (χ0) is 9.42. The molecule has 2 N–H and O–H groups in total. The quantitative estimate of drug-likeness (QED) is 0.608. The molecule has 2 aliphatic heterocycles. The van der Waals surface area contributed by atoms with E-state index in [1.54, 1.807) is 0 Å². The number of piperidine rings is 1. The van der Waals surface area contributed by atoms with E-state index in [-0.39, 0.29) is 6.03 Å². The highest BCUT2D eigenvalue weighted by Crippen LogP contribution is 2.21. The number of rotatable bonds is 1. The fraction of sp³-hybridized carbons (Fsp3) is 0.889. The fourth-order valence-electron chi connectivity index (χ4n) is 2.33. The SMILES string of the molecule is CC(C)N1C(=O)N[C@@H]2CNCC[C@@H]21. The number of fused-ring (bicyclic) bond motifs is 1. The smallest absolute Gasteiger partial charge is 0.318 e. The Morgan fingerprint density at radius 1 is 1.54 bits per heavy atom. The largest absolute Gasteiger partial charge is 0.332 e. The summed E-state index contributed by atoms with van der Waals surface area (Å²) in [5.41, 5.74) is 0. The number of amides is 2. The normalized spacial score (nSPS) is 33.5. The van der Waals surface area contributed by atoms with Crippen LogP contribution in [0.2, 0.25) is 0 Å². The first kappa shape index (κ1) is 8.81. The zero-order valence-electron chi connectivity index (χ0n) is 8.21. The number of hydrogen-bond donors (Lipinski definition) is 2. The Morgan fingerprint density at radius 2 is 2.31 bits per heavy atom. The van der Waals surface area contributed by atoms with Crippen molar-refractivity contribution in [1.29, 1.82) is 0 Å². The number of nitrogens with one attached hydrogen (secondary N) is 2. The third kappa shape index (κ3) is 1.39. The molecule has 0 spiro atoms. The Balaban J connectivity index is 2.13. The first-order valence-electron chi connectivity index (χ1n) is 4.99. The van der Waals surface area contributed by atoms with Crippen LogP contribution in [0.3, 0.4) is 0 Å². The summed E-state index contributed by atoms with van der Waals surface area (Å²) in [6.07, 6.45) is 1.07. The minimum atomic E-state index is 0.105. The van der Waals surface area contributed by atoms with Gasteiger partial charge in [0.25, 0.3) is 0 Å². The first-order valence-corrected chi connectivity index (χ1v) is 4.99. The Labute approximate surface area is 78.7 Å². The summed E-state index contributed by atoms with van der Waals surface area (Å²) in [4.78, 5) is 13.5. The number of carbonyl (C=O) groups is 1. The predicted octanol–water partition coefficient (Wildman–Crippen LogP) is 0.150. The number of nitrogens with zero attached hydrogens (tertiary/aromatic N) is 1. The van der Waals surface area contributed by atoms with Gasteiger partial charge in [0.15, 0.2) is 0 Å². The van der Waals surface area contributed by atoms with Crippen molar-refractivity contribution in [3.8, 4) is 0 Å². The van der Waals surface area contributed by atoms with E-state index in [1.165, 1.54) is 0 Å². The highest BCUT2D eigenvalue weighted by atomic mass is 16.2. The topological polar surface area (TPSA) is 44.4 Å². The van der Waals surface area contributed by atoms with Crippen LogP contribution in [0.25, 0.3) is 0 Å². The lowest BCUT2D eigenvalue weighted by molar-refractivity contribution is 0.172. The molecule has 2 atom stereocenters. The molecule has 2 rings (SSSR count). The van der Waals surface area contributed by atoms with Crippen molar-refractivity contribution >= 4 is 6.03 Å². The van der Waals surface area contributed by atoms with Crippen molar-refractivity contribution in [2.24, 2.45) is 0 Å². The molecule has 0 aromatic carbocycles. The van der Waals surface area contributed by atoms with Gasteiger partial charge in [-0.1, -0.05) is 0 Å². The molecule has 4 nitrogen and oxygen atoms in total. The summed E-state index contributed by atoms with van der Waals surface area (Å²) in [5, 5.41) is 6.31. The molecule has 0 unspecified atom stereocenters. The van der Waals surface area contributed by atoms with Gasteiger partial charge in [-0.15, -0.1) is 0 Å². The maximum absolute atomic E-state index is 11.6. The second-order valence-electron chi connectivity index (χ2n) is 4.12. The predicted molar refractivity (Wildman–Crippen MR) is 50.6 cm³/mol. The van der Waals surface area contributed by atoms with Gasteiger partial charge in [-0.3, -0.25) is 0 Å². The minimum absolute atomic E-state index is 0.105. The Hall–Kier alpha value is -0.770. The van der Waals surface area contributed by atoms with E-state index < -0.39 is 0 Å². The maximum atomic E-state index is 11.6. The molecule has 0 saturated carbocycles. The van der Waals surface area contributed by atoms with Gasteiger partial charge in [-0.05, 0) is 26.8 Å². The van der Waals surface area contributed by atoms with Crippen LogP contribution in [0.15, 0.2) is 0 Å². The minimum Gasteiger partial charge on any atom is -0.332 e. The van der Waals surface area contributed by atoms with Crippen molar-refractivity contribution in [2.75, 3.05) is 13.1 Å². The van der Waals surface area contributed by atoms with Gasteiger partial charge in [0, 0.05) is 12.6 Å². The Bertz CT molecular complexity index is 217. The van der Waals surface area contributed by atoms with E-state index in [9.17, 15) is 4.79 Å². The maximum Gasteiger partial charge on any atom is 0.318 e. The van der Waals surface area contributed by atoms with Gasteiger partial charge in [0.05, 0.1) is 12.1 Å². The fourth-order valence-corrected chi connectivity index (χ4v) is 2.33. The van der Waals surface area contributed by atoms with E-state index in [0.29, 0.717) is 18.1 Å². The van der Waals surface area contributed by atoms with Crippen LogP contribution in [0.1, 0.15) is 20.3 Å². The monoisotopic (exact) mass is 183 g/mol. The Morgan fingerprint density at radius 3 is 3.00 bits per heavy atom. The molecular weight excluding hydrogens is 166 g/mol. The van der Waals surface area contributed by atoms with Crippen molar-refractivity contribution in [3.05, 3.63) is 0 Å². The molecule has 0 aromatic heterocycles. The van der Waals surface area contributed by atoms with Crippen molar-refractivity contribution in [2.45, 2.75) is 38.4 Å². The van der Waals surface area contributed by atoms with Crippen molar-refractivity contribution < 1.29 is 4.79 Å². The molecule has 4 heteroatoms. The molecule has 2 aliphatic rings. The molecule has 2 heterocycles. The molecule has 2 saturated heterocycles. The van der Waals surface area contributed by atoms with Gasteiger partial charge in [-0.2, -0.15) is 0 Å². The molecule has 2 fully saturated rings. The third-order valence-electron chi connectivity index (χ3n) is 2.90. The summed E-state index contributed by atoms with van der Waals surface area (Å²) in [7, 11) is 0. The second-order valence-corrected chi connectivity index (χ2v) is 4.12. The van der Waals surface area contributed by atoms with E-state index in [1.807, 2.05) is 4.90 Å². The van der Waals surface area contributed by atoms with Gasteiger partial charge in [-0.25, -0.2) is 4.79 Å². The van der Waals surface area contributed by atoms with Crippen LogP contribution in [0, 0.1) is 0 Å². The molecule has 0 aromatic rings. The van der Waals surface area contributed by atoms with Crippen LogP contribution in [-0.4, -0.2) is 42.1 Å². The average Bonchev–Trinajstić information content (AvgIpc) is 2.39. The second kappa shape index (κ2) is 3.18. The number of hydrogen-bond acceptors (Lipinski definition) is 2. The van der Waals surface area contributed by atoms with Gasteiger partial charge in [0.2, 0.25) is 0 Å². The molecule has 0 radical (unpaired) electrons. The van der Waals surface area contributed by atoms with E-state index in [2.05, 4.69) is 24.5 Å². The number of urea groups is 1. The lowest BCUT2D eigenvalue weighted by atomic mass is 10.0. The molecule has 74 valence electrons. The van der Waals surface area contributed by atoms with E-state index in [0.717, 1.165) is 19.5 Å². The van der Waals surface area contributed by atoms with Crippen LogP contribution in [0.5, 0.6) is 0 Å². The lowest BCUT2D eigenvalue weighted by Gasteiger charge is -2.32. The van der Waals surface area contributed by atoms with Crippen molar-refractivity contribution in [3.63, 3.8) is 0 Å². The standard InChI is InChI=1S/C9H17N3O/c1-6(2)12-8-3-4-10-5-7(8)11-9(12)13/h6-8,10H,3-5H2,1-2H3,(H,11,13)/t7-,8+/m1/s1. The Kier molecular flexibility index (Phi) is 2.15. The summed E-state index contributed by atoms with van der Waals surface area (Å²) in [5.74, 6) is 0. The van der Waals surface area contributed by atoms with E-state index in [4.69, 9.17) is 0 Å². The highest BCUT2D eigenvalue weighted by molar-refractivity contribution is 5.78. The molecular formula is C9H17N3O. The molecule has 0 aliphatic carbocycles. The molecule has 0 bridgehead atoms. The summed E-state index contributed by atoms with van der Waals surface area (Å²) in [6, 6.07) is 1.15. The summed E-state index contributed by atoms with van der Waals surface area (Å²) < 4.78 is 0. The summed E-state index contributed by atoms with van der Waals surface area (Å²) in [6.45, 7) is 6.09. The van der Waals surface area contributed by atoms with Crippen LogP contribution in [0.4, 0.5) is 4.79 Å². The zero-order valence-corrected chi connectivity index (χ0v) is 8.21. The first-order chi connectivity index (χ1) is 6.20. The van der Waals surface area contributed by atoms with Gasteiger partial charge in [0.1, 0.15) is 0 Å². The summed E-state index contributed by atoms with van der Waals surface area (Å²) >= 11 is 0. The van der Waals surface area contributed by atoms with Crippen LogP contribution >= 0.6 is 0 Å². The van der Waals surface area contributed by atoms with E-state index >= 15 is 0 Å². The average molecular weight is 183 g/mol. The lowest BCUT2D eigenvalue weighted by Crippen LogP contribution is -2.50. The van der Waals surface area contributed by atoms with Crippen LogP contribution < -0.4 is 10.6 Å². The molecule has 2 amide bonds. The van der Waals surface area contributed by atoms with Crippen molar-refractivity contribution in [1.82, 2.24) is 15.5 Å². The molecule has 13 heavy (non-hydrogen) atoms.